The number of carbonyl (C=O) groups is 2. The summed E-state index contributed by atoms with van der Waals surface area (Å²) in [6.45, 7) is 0.0120. The molecule has 6 nitrogen and oxygen atoms in total. The van der Waals surface area contributed by atoms with Crippen LogP contribution in [0.5, 0.6) is 5.75 Å². The molecule has 1 amide bonds. The predicted molar refractivity (Wildman–Crippen MR) is 116 cm³/mol. The number of halogens is 2. The first-order valence-electron chi connectivity index (χ1n) is 9.68. The lowest BCUT2D eigenvalue weighted by Crippen LogP contribution is -2.29. The van der Waals surface area contributed by atoms with Gasteiger partial charge >= 0.3 is 0 Å². The van der Waals surface area contributed by atoms with E-state index in [1.54, 1.807) is 30.6 Å². The summed E-state index contributed by atoms with van der Waals surface area (Å²) in [6.07, 6.45) is 3.14. The van der Waals surface area contributed by atoms with Crippen molar-refractivity contribution in [1.29, 1.82) is 0 Å². The molecular weight excluding hydrogens is 435 g/mol. The van der Waals surface area contributed by atoms with Crippen molar-refractivity contribution in [3.05, 3.63) is 100 Å². The molecule has 1 saturated heterocycles. The average Bonchev–Trinajstić information content (AvgIpc) is 3.05. The SMILES string of the molecule is COc1cc(/C(O)=C2\C(=O)C(=O)N(Cc3cccnc3)C2c2ccccc2F)ccc1Cl. The van der Waals surface area contributed by atoms with E-state index in [0.717, 1.165) is 0 Å². The van der Waals surface area contributed by atoms with Gasteiger partial charge in [0.1, 0.15) is 17.3 Å². The number of amides is 1. The Labute approximate surface area is 188 Å². The molecule has 32 heavy (non-hydrogen) atoms. The van der Waals surface area contributed by atoms with E-state index in [9.17, 15) is 19.1 Å². The molecule has 2 aromatic carbocycles. The number of nitrogens with zero attached hydrogens (tertiary/aromatic N) is 2. The highest BCUT2D eigenvalue weighted by atomic mass is 35.5. The largest absolute Gasteiger partial charge is 0.507 e. The maximum Gasteiger partial charge on any atom is 0.295 e. The lowest BCUT2D eigenvalue weighted by molar-refractivity contribution is -0.140. The maximum atomic E-state index is 14.8. The van der Waals surface area contributed by atoms with Crippen LogP contribution in [-0.2, 0) is 16.1 Å². The second-order valence-electron chi connectivity index (χ2n) is 7.16. The number of rotatable bonds is 5. The molecule has 1 atom stereocenters. The van der Waals surface area contributed by atoms with Crippen molar-refractivity contribution in [2.75, 3.05) is 7.11 Å². The first-order valence-corrected chi connectivity index (χ1v) is 10.1. The van der Waals surface area contributed by atoms with Crippen LogP contribution in [0.2, 0.25) is 5.02 Å². The quantitative estimate of drug-likeness (QED) is 0.350. The molecule has 0 bridgehead atoms. The minimum Gasteiger partial charge on any atom is -0.507 e. The third-order valence-corrected chi connectivity index (χ3v) is 5.55. The fourth-order valence-corrected chi connectivity index (χ4v) is 3.91. The summed E-state index contributed by atoms with van der Waals surface area (Å²) in [7, 11) is 1.41. The van der Waals surface area contributed by atoms with E-state index in [1.807, 2.05) is 0 Å². The molecule has 1 aliphatic heterocycles. The molecule has 3 aromatic rings. The van der Waals surface area contributed by atoms with Crippen molar-refractivity contribution in [2.24, 2.45) is 0 Å². The highest BCUT2D eigenvalue weighted by molar-refractivity contribution is 6.46. The fraction of sp³-hybridized carbons (Fsp3) is 0.125. The molecule has 1 aromatic heterocycles. The lowest BCUT2D eigenvalue weighted by atomic mass is 9.94. The van der Waals surface area contributed by atoms with Gasteiger partial charge in [-0.3, -0.25) is 14.6 Å². The van der Waals surface area contributed by atoms with Gasteiger partial charge < -0.3 is 14.7 Å². The molecule has 1 aliphatic rings. The molecule has 162 valence electrons. The van der Waals surface area contributed by atoms with Gasteiger partial charge in [0.15, 0.2) is 0 Å². The number of Topliss-reactive ketones (excluding diaryl/α,β-unsaturated/α-hetero) is 1. The first kappa shape index (κ1) is 21.5. The zero-order valence-corrected chi connectivity index (χ0v) is 17.7. The van der Waals surface area contributed by atoms with Crippen LogP contribution in [0.15, 0.2) is 72.6 Å². The number of aliphatic hydroxyl groups excluding tert-OH is 1. The van der Waals surface area contributed by atoms with Gasteiger partial charge in [0.05, 0.1) is 23.7 Å². The summed E-state index contributed by atoms with van der Waals surface area (Å²) in [5.41, 5.74) is 0.752. The molecular formula is C24H18ClFN2O4. The number of hydrogen-bond acceptors (Lipinski definition) is 5. The van der Waals surface area contributed by atoms with Gasteiger partial charge in [0.2, 0.25) is 0 Å². The number of pyridine rings is 1. The zero-order chi connectivity index (χ0) is 22.8. The minimum atomic E-state index is -1.13. The Bertz CT molecular complexity index is 1230. The van der Waals surface area contributed by atoms with Crippen LogP contribution < -0.4 is 4.74 Å². The molecule has 0 aliphatic carbocycles. The normalized spacial score (nSPS) is 17.6. The second-order valence-corrected chi connectivity index (χ2v) is 7.57. The van der Waals surface area contributed by atoms with Gasteiger partial charge in [-0.15, -0.1) is 0 Å². The van der Waals surface area contributed by atoms with Crippen molar-refractivity contribution in [1.82, 2.24) is 9.88 Å². The average molecular weight is 453 g/mol. The Balaban J connectivity index is 1.90. The van der Waals surface area contributed by atoms with E-state index in [2.05, 4.69) is 4.98 Å². The molecule has 8 heteroatoms. The third kappa shape index (κ3) is 3.83. The second kappa shape index (κ2) is 8.80. The maximum absolute atomic E-state index is 14.8. The molecule has 4 rings (SSSR count). The lowest BCUT2D eigenvalue weighted by Gasteiger charge is -2.25. The van der Waals surface area contributed by atoms with Crippen molar-refractivity contribution < 1.29 is 23.8 Å². The van der Waals surface area contributed by atoms with E-state index in [1.165, 1.54) is 48.4 Å². The molecule has 0 spiro atoms. The number of aromatic nitrogens is 1. The predicted octanol–water partition coefficient (Wildman–Crippen LogP) is 4.50. The summed E-state index contributed by atoms with van der Waals surface area (Å²) in [5.74, 6) is -2.52. The highest BCUT2D eigenvalue weighted by Crippen LogP contribution is 2.41. The van der Waals surface area contributed by atoms with Crippen LogP contribution in [0.3, 0.4) is 0 Å². The van der Waals surface area contributed by atoms with E-state index in [-0.39, 0.29) is 29.0 Å². The van der Waals surface area contributed by atoms with Crippen LogP contribution in [0.1, 0.15) is 22.7 Å². The molecule has 1 unspecified atom stereocenters. The number of benzene rings is 2. The van der Waals surface area contributed by atoms with Gasteiger partial charge in [-0.2, -0.15) is 0 Å². The Hall–Kier alpha value is -3.71. The van der Waals surface area contributed by atoms with E-state index < -0.39 is 29.3 Å². The monoisotopic (exact) mass is 452 g/mol. The van der Waals surface area contributed by atoms with Crippen LogP contribution in [-0.4, -0.2) is 33.8 Å². The van der Waals surface area contributed by atoms with Gasteiger partial charge in [-0.1, -0.05) is 35.9 Å². The van der Waals surface area contributed by atoms with Gasteiger partial charge in [0.25, 0.3) is 11.7 Å². The Morgan fingerprint density at radius 1 is 1.19 bits per heavy atom. The summed E-state index contributed by atoms with van der Waals surface area (Å²) < 4.78 is 20.0. The summed E-state index contributed by atoms with van der Waals surface area (Å²) in [6, 6.07) is 12.6. The number of carbonyl (C=O) groups excluding carboxylic acids is 2. The van der Waals surface area contributed by atoms with E-state index >= 15 is 0 Å². The fourth-order valence-electron chi connectivity index (χ4n) is 3.71. The number of methoxy groups -OCH3 is 1. The Morgan fingerprint density at radius 2 is 1.97 bits per heavy atom. The van der Waals surface area contributed by atoms with Crippen molar-refractivity contribution in [2.45, 2.75) is 12.6 Å². The topological polar surface area (TPSA) is 79.7 Å². The molecule has 1 N–H and O–H groups in total. The van der Waals surface area contributed by atoms with Crippen LogP contribution in [0.25, 0.3) is 5.76 Å². The van der Waals surface area contributed by atoms with Crippen LogP contribution >= 0.6 is 11.6 Å². The Kier molecular flexibility index (Phi) is 5.92. The molecule has 2 heterocycles. The van der Waals surface area contributed by atoms with Crippen molar-refractivity contribution in [3.8, 4) is 5.75 Å². The van der Waals surface area contributed by atoms with Crippen molar-refractivity contribution >= 4 is 29.1 Å². The molecule has 0 saturated carbocycles. The number of ketones is 1. The van der Waals surface area contributed by atoms with E-state index in [4.69, 9.17) is 16.3 Å². The minimum absolute atomic E-state index is 0.0120. The smallest absolute Gasteiger partial charge is 0.295 e. The van der Waals surface area contributed by atoms with Crippen LogP contribution in [0, 0.1) is 5.82 Å². The van der Waals surface area contributed by atoms with E-state index in [0.29, 0.717) is 10.6 Å². The number of likely N-dealkylation sites (tertiary alicyclic amines) is 1. The Morgan fingerprint density at radius 3 is 2.66 bits per heavy atom. The van der Waals surface area contributed by atoms with Gasteiger partial charge in [0, 0.05) is 30.1 Å². The third-order valence-electron chi connectivity index (χ3n) is 5.24. The number of ether oxygens (including phenoxy) is 1. The zero-order valence-electron chi connectivity index (χ0n) is 17.0. The van der Waals surface area contributed by atoms with Crippen LogP contribution in [0.4, 0.5) is 4.39 Å². The summed E-state index contributed by atoms with van der Waals surface area (Å²) in [5, 5.41) is 11.4. The highest BCUT2D eigenvalue weighted by Gasteiger charge is 2.47. The van der Waals surface area contributed by atoms with Gasteiger partial charge in [-0.25, -0.2) is 4.39 Å². The van der Waals surface area contributed by atoms with Gasteiger partial charge in [-0.05, 0) is 35.9 Å². The van der Waals surface area contributed by atoms with Crippen molar-refractivity contribution in [3.63, 3.8) is 0 Å². The number of hydrogen-bond donors (Lipinski definition) is 1. The summed E-state index contributed by atoms with van der Waals surface area (Å²) in [4.78, 5) is 31.3. The molecule has 1 fully saturated rings. The number of aliphatic hydroxyl groups is 1. The molecule has 0 radical (unpaired) electrons. The standard InChI is InChI=1S/C24H18ClFN2O4/c1-32-19-11-15(8-9-17(19)25)22(29)20-21(16-6-2-3-7-18(16)26)28(24(31)23(20)30)13-14-5-4-10-27-12-14/h2-12,21,29H,13H2,1H3/b22-20+. The summed E-state index contributed by atoms with van der Waals surface area (Å²) >= 11 is 6.06. The first-order chi connectivity index (χ1) is 15.4.